The molecule has 0 amide bonds. The zero-order chi connectivity index (χ0) is 38.6. The van der Waals surface area contributed by atoms with Gasteiger partial charge in [-0.15, -0.1) is 5.11 Å². The average molecular weight is 765 g/mol. The van der Waals surface area contributed by atoms with E-state index < -0.39 is 30.9 Å². The topological polar surface area (TPSA) is 194 Å². The minimum atomic E-state index is -4.57. The number of nitrogens with zero attached hydrogens (tertiary/aromatic N) is 5. The van der Waals surface area contributed by atoms with Crippen molar-refractivity contribution in [3.05, 3.63) is 132 Å². The molecule has 0 heterocycles. The van der Waals surface area contributed by atoms with Crippen LogP contribution in [0.5, 0.6) is 5.75 Å². The number of aromatic hydroxyl groups is 1. The summed E-state index contributed by atoms with van der Waals surface area (Å²) in [6.45, 7) is 7.00. The zero-order valence-electron chi connectivity index (χ0n) is 29.4. The third kappa shape index (κ3) is 8.78. The van der Waals surface area contributed by atoms with Gasteiger partial charge in [0.1, 0.15) is 11.4 Å². The molecule has 0 aliphatic carbocycles. The number of phenols is 1. The van der Waals surface area contributed by atoms with Crippen LogP contribution in [-0.2, 0) is 26.8 Å². The summed E-state index contributed by atoms with van der Waals surface area (Å²) in [5.41, 5.74) is 6.87. The molecule has 0 unspecified atom stereocenters. The lowest BCUT2D eigenvalue weighted by Gasteiger charge is -2.23. The SMILES string of the molecule is CCN(Cc1cccc(S(=O)(=O)O)c1)c1ccc(N=Nc2ccc(N=Nc3c(Nc4c(C)cccc4C)ccc4cc(S(=O)(=O)O)cc(O)c34)cc2)cc1. The zero-order valence-corrected chi connectivity index (χ0v) is 31.0. The minimum Gasteiger partial charge on any atom is -0.507 e. The third-order valence-corrected chi connectivity index (χ3v) is 10.3. The molecule has 6 aromatic carbocycles. The molecule has 0 fully saturated rings. The van der Waals surface area contributed by atoms with E-state index in [2.05, 4.69) is 30.7 Å². The molecule has 13 nitrogen and oxygen atoms in total. The van der Waals surface area contributed by atoms with E-state index in [1.165, 1.54) is 18.2 Å². The highest BCUT2D eigenvalue weighted by molar-refractivity contribution is 7.86. The molecule has 0 aromatic heterocycles. The minimum absolute atomic E-state index is 0.150. The highest BCUT2D eigenvalue weighted by atomic mass is 32.2. The largest absolute Gasteiger partial charge is 0.507 e. The van der Waals surface area contributed by atoms with Gasteiger partial charge in [0.15, 0.2) is 0 Å². The summed E-state index contributed by atoms with van der Waals surface area (Å²) >= 11 is 0. The van der Waals surface area contributed by atoms with E-state index in [9.17, 15) is 31.0 Å². The Labute approximate surface area is 312 Å². The first kappa shape index (κ1) is 37.7. The Bertz CT molecular complexity index is 2610. The summed E-state index contributed by atoms with van der Waals surface area (Å²) in [6, 6.07) is 31.9. The third-order valence-electron chi connectivity index (χ3n) is 8.64. The lowest BCUT2D eigenvalue weighted by Crippen LogP contribution is -2.22. The number of azo groups is 2. The molecule has 0 radical (unpaired) electrons. The number of para-hydroxylation sites is 1. The summed E-state index contributed by atoms with van der Waals surface area (Å²) in [5.74, 6) is -0.393. The molecule has 15 heteroatoms. The summed E-state index contributed by atoms with van der Waals surface area (Å²) in [6.07, 6.45) is 0. The monoisotopic (exact) mass is 764 g/mol. The maximum Gasteiger partial charge on any atom is 0.294 e. The van der Waals surface area contributed by atoms with Gasteiger partial charge in [-0.05, 0) is 116 Å². The number of anilines is 3. The first-order valence-electron chi connectivity index (χ1n) is 16.6. The van der Waals surface area contributed by atoms with Gasteiger partial charge in [-0.2, -0.15) is 32.2 Å². The van der Waals surface area contributed by atoms with Gasteiger partial charge in [-0.25, -0.2) is 0 Å². The molecule has 54 heavy (non-hydrogen) atoms. The molecular formula is C39H36N6O7S2. The van der Waals surface area contributed by atoms with Crippen molar-refractivity contribution in [3.8, 4) is 5.75 Å². The fourth-order valence-corrected chi connectivity index (χ4v) is 6.93. The van der Waals surface area contributed by atoms with E-state index in [0.29, 0.717) is 41.2 Å². The number of rotatable bonds is 12. The number of phenolic OH excluding ortho intramolecular Hbond substituents is 1. The summed E-state index contributed by atoms with van der Waals surface area (Å²) < 4.78 is 65.8. The Balaban J connectivity index is 1.21. The first-order chi connectivity index (χ1) is 25.7. The molecule has 276 valence electrons. The van der Waals surface area contributed by atoms with Gasteiger partial charge in [0, 0.05) is 30.5 Å². The second kappa shape index (κ2) is 15.5. The molecule has 0 atom stereocenters. The quantitative estimate of drug-likeness (QED) is 0.0693. The fourth-order valence-electron chi connectivity index (χ4n) is 5.85. The molecule has 6 rings (SSSR count). The molecule has 0 spiro atoms. The van der Waals surface area contributed by atoms with Crippen LogP contribution in [0, 0.1) is 13.8 Å². The van der Waals surface area contributed by atoms with Crippen molar-refractivity contribution in [2.45, 2.75) is 37.1 Å². The summed E-state index contributed by atoms with van der Waals surface area (Å²) in [7, 11) is -8.87. The molecule has 0 bridgehead atoms. The van der Waals surface area contributed by atoms with Crippen molar-refractivity contribution in [1.29, 1.82) is 0 Å². The standard InChI is InChI=1S/C39H36N6O7S2/c1-4-45(24-27-9-6-10-33(21-27)53(47,48)49)32-18-16-31(17-19-32)42-41-29-12-14-30(15-13-29)43-44-39-35(40-38-25(2)7-5-8-26(38)3)20-11-28-22-34(54(50,51)52)23-36(46)37(28)39/h5-23,40,46H,4,24H2,1-3H3,(H,47,48,49)(H,50,51,52). The Morgan fingerprint density at radius 3 is 1.78 bits per heavy atom. The second-order valence-corrected chi connectivity index (χ2v) is 15.3. The molecule has 0 aliphatic rings. The number of hydrogen-bond donors (Lipinski definition) is 4. The van der Waals surface area contributed by atoms with Crippen LogP contribution in [0.15, 0.2) is 146 Å². The first-order valence-corrected chi connectivity index (χ1v) is 19.5. The van der Waals surface area contributed by atoms with Gasteiger partial charge in [-0.3, -0.25) is 9.11 Å². The van der Waals surface area contributed by atoms with Gasteiger partial charge in [0.2, 0.25) is 0 Å². The van der Waals surface area contributed by atoms with Crippen molar-refractivity contribution in [2.24, 2.45) is 20.5 Å². The van der Waals surface area contributed by atoms with E-state index in [4.69, 9.17) is 0 Å². The Hall–Kier alpha value is -6.00. The van der Waals surface area contributed by atoms with E-state index >= 15 is 0 Å². The van der Waals surface area contributed by atoms with Crippen LogP contribution in [0.3, 0.4) is 0 Å². The second-order valence-electron chi connectivity index (χ2n) is 12.4. The number of aryl methyl sites for hydroxylation is 2. The van der Waals surface area contributed by atoms with Crippen molar-refractivity contribution < 1.29 is 31.0 Å². The van der Waals surface area contributed by atoms with Crippen LogP contribution >= 0.6 is 0 Å². The lowest BCUT2D eigenvalue weighted by molar-refractivity contribution is 0.471. The van der Waals surface area contributed by atoms with Crippen LogP contribution < -0.4 is 10.2 Å². The van der Waals surface area contributed by atoms with Gasteiger partial charge in [0.05, 0.1) is 37.9 Å². The Morgan fingerprint density at radius 1 is 0.648 bits per heavy atom. The predicted molar refractivity (Wildman–Crippen MR) is 209 cm³/mol. The number of hydrogen-bond acceptors (Lipinski definition) is 11. The summed E-state index contributed by atoms with van der Waals surface area (Å²) in [4.78, 5) is 1.45. The van der Waals surface area contributed by atoms with Crippen LogP contribution in [0.1, 0.15) is 23.6 Å². The van der Waals surface area contributed by atoms with Gasteiger partial charge in [-0.1, -0.05) is 36.4 Å². The normalized spacial score (nSPS) is 12.2. The maximum atomic E-state index is 11.9. The average Bonchev–Trinajstić information content (AvgIpc) is 3.14. The van der Waals surface area contributed by atoms with Crippen LogP contribution in [-0.4, -0.2) is 37.6 Å². The predicted octanol–water partition coefficient (Wildman–Crippen LogP) is 10.3. The van der Waals surface area contributed by atoms with Crippen molar-refractivity contribution in [2.75, 3.05) is 16.8 Å². The van der Waals surface area contributed by atoms with E-state index in [1.807, 2.05) is 63.2 Å². The summed E-state index contributed by atoms with van der Waals surface area (Å²) in [5, 5.41) is 32.5. The van der Waals surface area contributed by atoms with Gasteiger partial charge in [0.25, 0.3) is 20.2 Å². The number of benzene rings is 6. The molecular weight excluding hydrogens is 729 g/mol. The Kier molecular flexibility index (Phi) is 10.9. The lowest BCUT2D eigenvalue weighted by atomic mass is 10.0. The molecule has 0 aliphatic heterocycles. The highest BCUT2D eigenvalue weighted by Crippen LogP contribution is 2.43. The highest BCUT2D eigenvalue weighted by Gasteiger charge is 2.19. The van der Waals surface area contributed by atoms with Crippen LogP contribution in [0.2, 0.25) is 0 Å². The molecule has 6 aromatic rings. The Morgan fingerprint density at radius 2 is 1.20 bits per heavy atom. The van der Waals surface area contributed by atoms with Gasteiger partial charge < -0.3 is 15.3 Å². The van der Waals surface area contributed by atoms with Crippen LogP contribution in [0.4, 0.5) is 39.8 Å². The number of fused-ring (bicyclic) bond motifs is 1. The molecule has 0 saturated carbocycles. The smallest absolute Gasteiger partial charge is 0.294 e. The van der Waals surface area contributed by atoms with Crippen molar-refractivity contribution in [1.82, 2.24) is 0 Å². The molecule has 4 N–H and O–H groups in total. The van der Waals surface area contributed by atoms with E-state index in [1.54, 1.807) is 48.5 Å². The maximum absolute atomic E-state index is 11.9. The fraction of sp³-hybridized carbons (Fsp3) is 0.128. The van der Waals surface area contributed by atoms with E-state index in [-0.39, 0.29) is 16.0 Å². The van der Waals surface area contributed by atoms with Crippen molar-refractivity contribution in [3.63, 3.8) is 0 Å². The van der Waals surface area contributed by atoms with E-state index in [0.717, 1.165) is 34.1 Å². The van der Waals surface area contributed by atoms with Gasteiger partial charge >= 0.3 is 0 Å². The van der Waals surface area contributed by atoms with Crippen LogP contribution in [0.25, 0.3) is 10.8 Å². The van der Waals surface area contributed by atoms with Crippen molar-refractivity contribution >= 4 is 70.8 Å². The number of nitrogens with one attached hydrogen (secondary N) is 1. The molecule has 0 saturated heterocycles.